The van der Waals surface area contributed by atoms with Crippen molar-refractivity contribution in [2.75, 3.05) is 5.32 Å². The van der Waals surface area contributed by atoms with Crippen LogP contribution in [0.3, 0.4) is 0 Å². The molecule has 1 aromatic heterocycles. The van der Waals surface area contributed by atoms with Crippen molar-refractivity contribution < 1.29 is 9.72 Å². The Balaban J connectivity index is 2.02. The topological polar surface area (TPSA) is 85.1 Å². The average Bonchev–Trinajstić information content (AvgIpc) is 3.01. The Morgan fingerprint density at radius 2 is 2.41 bits per heavy atom. The van der Waals surface area contributed by atoms with Crippen LogP contribution in [0.25, 0.3) is 0 Å². The summed E-state index contributed by atoms with van der Waals surface area (Å²) in [7, 11) is 0. The van der Waals surface area contributed by atoms with E-state index in [0.717, 1.165) is 9.13 Å². The molecule has 0 radical (unpaired) electrons. The van der Waals surface area contributed by atoms with Crippen molar-refractivity contribution in [1.82, 2.24) is 4.98 Å². The number of halogens is 1. The maximum absolute atomic E-state index is 11.7. The van der Waals surface area contributed by atoms with E-state index in [2.05, 4.69) is 32.9 Å². The van der Waals surface area contributed by atoms with Crippen molar-refractivity contribution in [3.8, 4) is 0 Å². The Hall–Kier alpha value is -1.25. The largest absolute Gasteiger partial charge is 0.310 e. The Kier molecular flexibility index (Phi) is 3.27. The maximum atomic E-state index is 11.7. The number of carbonyl (C=O) groups excluding carboxylic acids is 1. The molecule has 0 aliphatic heterocycles. The summed E-state index contributed by atoms with van der Waals surface area (Å²) in [5, 5.41) is 13.1. The molecular formula is C10H10IN3O3. The van der Waals surface area contributed by atoms with Gasteiger partial charge in [-0.05, 0) is 41.1 Å². The summed E-state index contributed by atoms with van der Waals surface area (Å²) < 4.78 is 0.979. The first-order chi connectivity index (χ1) is 7.99. The van der Waals surface area contributed by atoms with Gasteiger partial charge < -0.3 is 5.32 Å². The molecule has 1 aliphatic carbocycles. The Morgan fingerprint density at radius 3 is 2.94 bits per heavy atom. The number of hydrogen-bond acceptors (Lipinski definition) is 4. The van der Waals surface area contributed by atoms with Crippen LogP contribution >= 0.6 is 22.6 Å². The third-order valence-corrected chi connectivity index (χ3v) is 3.24. The van der Waals surface area contributed by atoms with Gasteiger partial charge in [0.25, 0.3) is 0 Å². The van der Waals surface area contributed by atoms with Gasteiger partial charge in [-0.15, -0.1) is 0 Å². The van der Waals surface area contributed by atoms with Gasteiger partial charge in [0, 0.05) is 21.1 Å². The molecule has 2 atom stereocenters. The number of nitrogens with one attached hydrogen (secondary N) is 1. The second-order valence-corrected chi connectivity index (χ2v) is 5.25. The van der Waals surface area contributed by atoms with E-state index in [-0.39, 0.29) is 5.91 Å². The van der Waals surface area contributed by atoms with Crippen LogP contribution in [0.15, 0.2) is 12.3 Å². The number of amides is 1. The molecule has 1 N–H and O–H groups in total. The van der Waals surface area contributed by atoms with Crippen LogP contribution in [0, 0.1) is 26.5 Å². The molecule has 0 bridgehead atoms. The molecule has 1 aromatic rings. The second kappa shape index (κ2) is 4.55. The van der Waals surface area contributed by atoms with Crippen molar-refractivity contribution in [2.24, 2.45) is 5.92 Å². The molecule has 1 saturated carbocycles. The van der Waals surface area contributed by atoms with E-state index in [1.807, 2.05) is 13.0 Å². The van der Waals surface area contributed by atoms with Gasteiger partial charge in [-0.3, -0.25) is 14.9 Å². The first-order valence-electron chi connectivity index (χ1n) is 5.05. The van der Waals surface area contributed by atoms with Gasteiger partial charge in [0.05, 0.1) is 0 Å². The SMILES string of the molecule is Cc1cc(I)cnc1NC(=O)C1CC1[N+](=O)[O-]. The van der Waals surface area contributed by atoms with Gasteiger partial charge in [-0.1, -0.05) is 0 Å². The number of hydrogen-bond donors (Lipinski definition) is 1. The lowest BCUT2D eigenvalue weighted by Crippen LogP contribution is -2.19. The molecule has 90 valence electrons. The number of rotatable bonds is 3. The second-order valence-electron chi connectivity index (χ2n) is 4.00. The first-order valence-corrected chi connectivity index (χ1v) is 6.13. The number of aryl methyl sites for hydroxylation is 1. The average molecular weight is 347 g/mol. The van der Waals surface area contributed by atoms with Crippen molar-refractivity contribution in [3.05, 3.63) is 31.5 Å². The van der Waals surface area contributed by atoms with E-state index in [9.17, 15) is 14.9 Å². The Bertz CT molecular complexity index is 492. The molecule has 7 heteroatoms. The van der Waals surface area contributed by atoms with E-state index < -0.39 is 16.9 Å². The molecular weight excluding hydrogens is 337 g/mol. The summed E-state index contributed by atoms with van der Waals surface area (Å²) in [6.07, 6.45) is 1.96. The monoisotopic (exact) mass is 347 g/mol. The molecule has 6 nitrogen and oxygen atoms in total. The van der Waals surface area contributed by atoms with Crippen LogP contribution in [0.5, 0.6) is 0 Å². The van der Waals surface area contributed by atoms with Crippen molar-refractivity contribution >= 4 is 34.3 Å². The van der Waals surface area contributed by atoms with Crippen molar-refractivity contribution in [2.45, 2.75) is 19.4 Å². The van der Waals surface area contributed by atoms with Gasteiger partial charge in [0.1, 0.15) is 11.7 Å². The number of anilines is 1. The molecule has 0 aromatic carbocycles. The normalized spacial score (nSPS) is 22.0. The Morgan fingerprint density at radius 1 is 1.71 bits per heavy atom. The highest BCUT2D eigenvalue weighted by atomic mass is 127. The number of pyridine rings is 1. The van der Waals surface area contributed by atoms with E-state index >= 15 is 0 Å². The number of aromatic nitrogens is 1. The molecule has 0 saturated heterocycles. The third kappa shape index (κ3) is 2.71. The predicted octanol–water partition coefficient (Wildman–Crippen LogP) is 1.60. The van der Waals surface area contributed by atoms with Gasteiger partial charge >= 0.3 is 0 Å². The highest BCUT2D eigenvalue weighted by Crippen LogP contribution is 2.34. The predicted molar refractivity (Wildman–Crippen MR) is 69.2 cm³/mol. The fourth-order valence-electron chi connectivity index (χ4n) is 1.58. The maximum Gasteiger partial charge on any atom is 0.235 e. The molecule has 2 unspecified atom stereocenters. The lowest BCUT2D eigenvalue weighted by molar-refractivity contribution is -0.497. The summed E-state index contributed by atoms with van der Waals surface area (Å²) in [6, 6.07) is 1.17. The molecule has 1 heterocycles. The Labute approximate surface area is 111 Å². The van der Waals surface area contributed by atoms with Gasteiger partial charge in [-0.25, -0.2) is 4.98 Å². The number of nitro groups is 1. The highest BCUT2D eigenvalue weighted by molar-refractivity contribution is 14.1. The molecule has 2 rings (SSSR count). The summed E-state index contributed by atoms with van der Waals surface area (Å²) in [5.74, 6) is -0.349. The zero-order valence-corrected chi connectivity index (χ0v) is 11.2. The fourth-order valence-corrected chi connectivity index (χ4v) is 2.18. The number of carbonyl (C=O) groups is 1. The van der Waals surface area contributed by atoms with Crippen molar-refractivity contribution in [3.63, 3.8) is 0 Å². The summed E-state index contributed by atoms with van der Waals surface area (Å²) in [4.78, 5) is 25.8. The van der Waals surface area contributed by atoms with Gasteiger partial charge in [0.2, 0.25) is 11.9 Å². The molecule has 1 fully saturated rings. The van der Waals surface area contributed by atoms with Crippen LogP contribution < -0.4 is 5.32 Å². The van der Waals surface area contributed by atoms with Gasteiger partial charge in [-0.2, -0.15) is 0 Å². The molecule has 0 spiro atoms. The summed E-state index contributed by atoms with van der Waals surface area (Å²) in [5.41, 5.74) is 0.851. The lowest BCUT2D eigenvalue weighted by Gasteiger charge is -2.06. The number of nitrogens with zero attached hydrogens (tertiary/aromatic N) is 2. The zero-order chi connectivity index (χ0) is 12.6. The summed E-state index contributed by atoms with van der Waals surface area (Å²) in [6.45, 7) is 1.84. The van der Waals surface area contributed by atoms with E-state index in [0.29, 0.717) is 12.2 Å². The zero-order valence-electron chi connectivity index (χ0n) is 9.01. The van der Waals surface area contributed by atoms with Crippen LogP contribution in [-0.4, -0.2) is 21.9 Å². The lowest BCUT2D eigenvalue weighted by atomic mass is 10.3. The quantitative estimate of drug-likeness (QED) is 0.511. The smallest absolute Gasteiger partial charge is 0.235 e. The first kappa shape index (κ1) is 12.2. The van der Waals surface area contributed by atoms with Crippen LogP contribution in [0.4, 0.5) is 5.82 Å². The van der Waals surface area contributed by atoms with Crippen LogP contribution in [0.1, 0.15) is 12.0 Å². The molecule has 1 amide bonds. The highest BCUT2D eigenvalue weighted by Gasteiger charge is 2.53. The summed E-state index contributed by atoms with van der Waals surface area (Å²) >= 11 is 2.13. The van der Waals surface area contributed by atoms with Crippen LogP contribution in [0.2, 0.25) is 0 Å². The van der Waals surface area contributed by atoms with E-state index in [1.54, 1.807) is 6.20 Å². The molecule has 17 heavy (non-hydrogen) atoms. The fraction of sp³-hybridized carbons (Fsp3) is 0.400. The van der Waals surface area contributed by atoms with Crippen LogP contribution in [-0.2, 0) is 4.79 Å². The van der Waals surface area contributed by atoms with Gasteiger partial charge in [0.15, 0.2) is 0 Å². The minimum atomic E-state index is -0.723. The third-order valence-electron chi connectivity index (χ3n) is 2.65. The minimum Gasteiger partial charge on any atom is -0.310 e. The van der Waals surface area contributed by atoms with E-state index in [1.165, 1.54) is 0 Å². The van der Waals surface area contributed by atoms with E-state index in [4.69, 9.17) is 0 Å². The molecule has 1 aliphatic rings. The van der Waals surface area contributed by atoms with Crippen molar-refractivity contribution in [1.29, 1.82) is 0 Å². The standard InChI is InChI=1S/C10H10IN3O3/c1-5-2-6(11)4-12-9(5)13-10(15)7-3-8(7)14(16)17/h2,4,7-8H,3H2,1H3,(H,12,13,15). The minimum absolute atomic E-state index is 0.316.